The maximum atomic E-state index is 13.5. The Bertz CT molecular complexity index is 728. The molecule has 0 fully saturated rings. The molecule has 0 aliphatic rings. The number of benzene rings is 2. The summed E-state index contributed by atoms with van der Waals surface area (Å²) in [4.78, 5) is 23.7. The van der Waals surface area contributed by atoms with Crippen molar-refractivity contribution in [1.82, 2.24) is 10.6 Å². The summed E-state index contributed by atoms with van der Waals surface area (Å²) in [5.74, 6) is -2.40. The van der Waals surface area contributed by atoms with Crippen molar-refractivity contribution in [2.24, 2.45) is 0 Å². The van der Waals surface area contributed by atoms with Crippen LogP contribution < -0.4 is 15.4 Å². The lowest BCUT2D eigenvalue weighted by molar-refractivity contribution is 0.0922. The van der Waals surface area contributed by atoms with E-state index in [1.165, 1.54) is 6.07 Å². The smallest absolute Gasteiger partial charge is 0.257 e. The first-order chi connectivity index (χ1) is 12.0. The summed E-state index contributed by atoms with van der Waals surface area (Å²) in [7, 11) is 0. The quantitative estimate of drug-likeness (QED) is 0.756. The van der Waals surface area contributed by atoms with Crippen LogP contribution in [0.3, 0.4) is 0 Å². The highest BCUT2D eigenvalue weighted by Gasteiger charge is 2.16. The SMILES string of the molecule is CCOc1ccc(C(=O)NCCNC(=O)c2c(F)cccc2F)cc1. The predicted molar refractivity (Wildman–Crippen MR) is 88.6 cm³/mol. The lowest BCUT2D eigenvalue weighted by Gasteiger charge is -2.09. The monoisotopic (exact) mass is 348 g/mol. The highest BCUT2D eigenvalue weighted by molar-refractivity contribution is 5.95. The molecule has 0 unspecified atom stereocenters. The first-order valence-corrected chi connectivity index (χ1v) is 7.76. The van der Waals surface area contributed by atoms with E-state index in [-0.39, 0.29) is 19.0 Å². The van der Waals surface area contributed by atoms with Gasteiger partial charge in [0.15, 0.2) is 0 Å². The number of hydrogen-bond acceptors (Lipinski definition) is 3. The number of carbonyl (C=O) groups is 2. The maximum Gasteiger partial charge on any atom is 0.257 e. The summed E-state index contributed by atoms with van der Waals surface area (Å²) >= 11 is 0. The van der Waals surface area contributed by atoms with Crippen molar-refractivity contribution in [2.45, 2.75) is 6.92 Å². The fraction of sp³-hybridized carbons (Fsp3) is 0.222. The number of ether oxygens (including phenoxy) is 1. The third-order valence-electron chi connectivity index (χ3n) is 3.31. The molecule has 0 radical (unpaired) electrons. The molecule has 2 rings (SSSR count). The van der Waals surface area contributed by atoms with Gasteiger partial charge in [-0.05, 0) is 43.3 Å². The molecule has 0 heterocycles. The fourth-order valence-corrected chi connectivity index (χ4v) is 2.13. The zero-order valence-electron chi connectivity index (χ0n) is 13.6. The molecule has 132 valence electrons. The lowest BCUT2D eigenvalue weighted by Crippen LogP contribution is -2.35. The molecule has 0 bridgehead atoms. The van der Waals surface area contributed by atoms with Gasteiger partial charge in [0.2, 0.25) is 0 Å². The van der Waals surface area contributed by atoms with Crippen LogP contribution in [0.15, 0.2) is 42.5 Å². The number of rotatable bonds is 7. The van der Waals surface area contributed by atoms with Crippen LogP contribution in [0.5, 0.6) is 5.75 Å². The Morgan fingerprint density at radius 1 is 0.920 bits per heavy atom. The molecular formula is C18H18F2N2O3. The van der Waals surface area contributed by atoms with E-state index in [4.69, 9.17) is 4.74 Å². The average molecular weight is 348 g/mol. The third-order valence-corrected chi connectivity index (χ3v) is 3.31. The van der Waals surface area contributed by atoms with Crippen LogP contribution in [-0.2, 0) is 0 Å². The molecule has 0 saturated carbocycles. The summed E-state index contributed by atoms with van der Waals surface area (Å²) in [5, 5.41) is 4.96. The lowest BCUT2D eigenvalue weighted by atomic mass is 10.2. The maximum absolute atomic E-state index is 13.5. The van der Waals surface area contributed by atoms with Crippen molar-refractivity contribution in [1.29, 1.82) is 0 Å². The molecule has 0 saturated heterocycles. The molecule has 2 amide bonds. The van der Waals surface area contributed by atoms with E-state index < -0.39 is 23.1 Å². The van der Waals surface area contributed by atoms with Crippen molar-refractivity contribution >= 4 is 11.8 Å². The molecule has 2 aromatic rings. The van der Waals surface area contributed by atoms with Crippen LogP contribution in [0.2, 0.25) is 0 Å². The summed E-state index contributed by atoms with van der Waals surface area (Å²) in [6.45, 7) is 2.55. The van der Waals surface area contributed by atoms with Crippen LogP contribution in [0.4, 0.5) is 8.78 Å². The van der Waals surface area contributed by atoms with Crippen molar-refractivity contribution in [3.05, 3.63) is 65.2 Å². The van der Waals surface area contributed by atoms with Gasteiger partial charge in [0.25, 0.3) is 11.8 Å². The topological polar surface area (TPSA) is 67.4 Å². The van der Waals surface area contributed by atoms with E-state index in [2.05, 4.69) is 10.6 Å². The van der Waals surface area contributed by atoms with Crippen molar-refractivity contribution in [2.75, 3.05) is 19.7 Å². The molecular weight excluding hydrogens is 330 g/mol. The van der Waals surface area contributed by atoms with Gasteiger partial charge in [0.1, 0.15) is 22.9 Å². The molecule has 0 atom stereocenters. The fourth-order valence-electron chi connectivity index (χ4n) is 2.13. The van der Waals surface area contributed by atoms with Gasteiger partial charge in [-0.25, -0.2) is 8.78 Å². The van der Waals surface area contributed by atoms with E-state index in [1.807, 2.05) is 6.92 Å². The van der Waals surface area contributed by atoms with Gasteiger partial charge in [-0.15, -0.1) is 0 Å². The number of amides is 2. The summed E-state index contributed by atoms with van der Waals surface area (Å²) < 4.78 is 32.2. The van der Waals surface area contributed by atoms with Crippen molar-refractivity contribution in [3.63, 3.8) is 0 Å². The van der Waals surface area contributed by atoms with E-state index >= 15 is 0 Å². The third kappa shape index (κ3) is 5.00. The minimum absolute atomic E-state index is 0.0371. The normalized spacial score (nSPS) is 10.2. The van der Waals surface area contributed by atoms with E-state index in [0.29, 0.717) is 17.9 Å². The van der Waals surface area contributed by atoms with Gasteiger partial charge in [-0.2, -0.15) is 0 Å². The van der Waals surface area contributed by atoms with Gasteiger partial charge in [0, 0.05) is 18.7 Å². The van der Waals surface area contributed by atoms with Gasteiger partial charge < -0.3 is 15.4 Å². The highest BCUT2D eigenvalue weighted by Crippen LogP contribution is 2.12. The molecule has 5 nitrogen and oxygen atoms in total. The van der Waals surface area contributed by atoms with Crippen molar-refractivity contribution in [3.8, 4) is 5.75 Å². The van der Waals surface area contributed by atoms with E-state index in [1.54, 1.807) is 24.3 Å². The Balaban J connectivity index is 1.80. The van der Waals surface area contributed by atoms with Crippen LogP contribution >= 0.6 is 0 Å². The summed E-state index contributed by atoms with van der Waals surface area (Å²) in [5.41, 5.74) is -0.199. The zero-order chi connectivity index (χ0) is 18.2. The number of nitrogens with one attached hydrogen (secondary N) is 2. The van der Waals surface area contributed by atoms with E-state index in [0.717, 1.165) is 12.1 Å². The van der Waals surface area contributed by atoms with E-state index in [9.17, 15) is 18.4 Å². The Morgan fingerprint density at radius 3 is 2.04 bits per heavy atom. The first-order valence-electron chi connectivity index (χ1n) is 7.76. The molecule has 0 spiro atoms. The summed E-state index contributed by atoms with van der Waals surface area (Å²) in [6.07, 6.45) is 0. The molecule has 0 aliphatic carbocycles. The Morgan fingerprint density at radius 2 is 1.48 bits per heavy atom. The highest BCUT2D eigenvalue weighted by atomic mass is 19.1. The van der Waals surface area contributed by atoms with Gasteiger partial charge in [-0.3, -0.25) is 9.59 Å². The van der Waals surface area contributed by atoms with Gasteiger partial charge in [-0.1, -0.05) is 6.07 Å². The minimum atomic E-state index is -0.934. The molecule has 7 heteroatoms. The van der Waals surface area contributed by atoms with Crippen LogP contribution in [-0.4, -0.2) is 31.5 Å². The van der Waals surface area contributed by atoms with Gasteiger partial charge in [0.05, 0.1) is 6.61 Å². The molecule has 0 aromatic heterocycles. The second-order valence-electron chi connectivity index (χ2n) is 5.07. The summed E-state index contributed by atoms with van der Waals surface area (Å²) in [6, 6.07) is 9.79. The molecule has 25 heavy (non-hydrogen) atoms. The Kier molecular flexibility index (Phi) is 6.45. The number of halogens is 2. The first kappa shape index (κ1) is 18.4. The second-order valence-corrected chi connectivity index (χ2v) is 5.07. The van der Waals surface area contributed by atoms with Gasteiger partial charge >= 0.3 is 0 Å². The van der Waals surface area contributed by atoms with Crippen LogP contribution in [0, 0.1) is 11.6 Å². The minimum Gasteiger partial charge on any atom is -0.494 e. The number of hydrogen-bond donors (Lipinski definition) is 2. The molecule has 2 N–H and O–H groups in total. The van der Waals surface area contributed by atoms with Crippen LogP contribution in [0.1, 0.15) is 27.6 Å². The Hall–Kier alpha value is -2.96. The average Bonchev–Trinajstić information content (AvgIpc) is 2.59. The largest absolute Gasteiger partial charge is 0.494 e. The Labute approximate surface area is 144 Å². The molecule has 0 aliphatic heterocycles. The van der Waals surface area contributed by atoms with Crippen LogP contribution in [0.25, 0.3) is 0 Å². The standard InChI is InChI=1S/C18H18F2N2O3/c1-2-25-13-8-6-12(7-9-13)17(23)21-10-11-22-18(24)16-14(19)4-3-5-15(16)20/h3-9H,2,10-11H2,1H3,(H,21,23)(H,22,24). The van der Waals surface area contributed by atoms with Crippen molar-refractivity contribution < 1.29 is 23.1 Å². The number of carbonyl (C=O) groups excluding carboxylic acids is 2. The zero-order valence-corrected chi connectivity index (χ0v) is 13.6. The predicted octanol–water partition coefficient (Wildman–Crippen LogP) is 2.52. The second kappa shape index (κ2) is 8.77. The molecule has 2 aromatic carbocycles.